The van der Waals surface area contributed by atoms with Gasteiger partial charge in [-0.1, -0.05) is 30.3 Å². The van der Waals surface area contributed by atoms with Crippen LogP contribution in [0.1, 0.15) is 43.8 Å². The monoisotopic (exact) mass is 334 g/mol. The number of aliphatic hydroxyl groups excluding tert-OH is 1. The van der Waals surface area contributed by atoms with Crippen LogP contribution in [0.5, 0.6) is 0 Å². The molecule has 3 unspecified atom stereocenters. The van der Waals surface area contributed by atoms with Crippen LogP contribution in [0.3, 0.4) is 0 Å². The minimum atomic E-state index is -0.500. The minimum absolute atomic E-state index is 0.0419. The van der Waals surface area contributed by atoms with E-state index in [2.05, 4.69) is 5.32 Å². The summed E-state index contributed by atoms with van der Waals surface area (Å²) in [6.07, 6.45) is 4.60. The fourth-order valence-corrected chi connectivity index (χ4v) is 4.73. The van der Waals surface area contributed by atoms with Crippen molar-refractivity contribution in [3.05, 3.63) is 35.9 Å². The van der Waals surface area contributed by atoms with E-state index in [0.29, 0.717) is 11.7 Å². The van der Waals surface area contributed by atoms with E-state index >= 15 is 0 Å². The Labute approximate surface area is 142 Å². The van der Waals surface area contributed by atoms with Crippen LogP contribution in [0, 0.1) is 0 Å². The summed E-state index contributed by atoms with van der Waals surface area (Å²) >= 11 is 1.96. The van der Waals surface area contributed by atoms with Crippen LogP contribution < -0.4 is 5.32 Å². The molecule has 5 heteroatoms. The number of benzene rings is 1. The molecule has 0 saturated carbocycles. The molecule has 2 fully saturated rings. The average molecular weight is 334 g/mol. The average Bonchev–Trinajstić information content (AvgIpc) is 3.25. The van der Waals surface area contributed by atoms with Crippen molar-refractivity contribution in [2.45, 2.75) is 49.5 Å². The van der Waals surface area contributed by atoms with Gasteiger partial charge in [0.05, 0.1) is 6.10 Å². The number of carbonyl (C=O) groups is 1. The van der Waals surface area contributed by atoms with Crippen molar-refractivity contribution in [1.82, 2.24) is 10.2 Å². The first-order valence-corrected chi connectivity index (χ1v) is 9.68. The number of hydrogen-bond acceptors (Lipinski definition) is 3. The van der Waals surface area contributed by atoms with Gasteiger partial charge in [-0.15, -0.1) is 0 Å². The van der Waals surface area contributed by atoms with E-state index < -0.39 is 6.10 Å². The van der Waals surface area contributed by atoms with E-state index in [1.807, 2.05) is 47.0 Å². The van der Waals surface area contributed by atoms with Crippen LogP contribution in [0.2, 0.25) is 0 Å². The molecule has 0 spiro atoms. The van der Waals surface area contributed by atoms with Gasteiger partial charge >= 0.3 is 6.03 Å². The zero-order valence-corrected chi connectivity index (χ0v) is 14.3. The Bertz CT molecular complexity index is 505. The minimum Gasteiger partial charge on any atom is -0.388 e. The Morgan fingerprint density at radius 2 is 2.13 bits per heavy atom. The summed E-state index contributed by atoms with van der Waals surface area (Å²) in [4.78, 5) is 14.4. The molecule has 2 saturated heterocycles. The second-order valence-corrected chi connectivity index (χ2v) is 7.88. The molecular weight excluding hydrogens is 308 g/mol. The molecule has 0 radical (unpaired) electrons. The van der Waals surface area contributed by atoms with E-state index in [-0.39, 0.29) is 12.1 Å². The number of thioether (sulfide) groups is 1. The van der Waals surface area contributed by atoms with Gasteiger partial charge in [0, 0.05) is 24.4 Å². The molecule has 3 atom stereocenters. The highest BCUT2D eigenvalue weighted by atomic mass is 32.2. The Morgan fingerprint density at radius 3 is 2.87 bits per heavy atom. The summed E-state index contributed by atoms with van der Waals surface area (Å²) in [5.41, 5.74) is 0.933. The second kappa shape index (κ2) is 8.06. The smallest absolute Gasteiger partial charge is 0.317 e. The highest BCUT2D eigenvalue weighted by Crippen LogP contribution is 2.28. The zero-order valence-electron chi connectivity index (χ0n) is 13.5. The second-order valence-electron chi connectivity index (χ2n) is 6.47. The summed E-state index contributed by atoms with van der Waals surface area (Å²) in [6.45, 7) is 1.57. The number of carbonyl (C=O) groups excluding carboxylic acids is 1. The van der Waals surface area contributed by atoms with Gasteiger partial charge in [-0.25, -0.2) is 4.79 Å². The molecule has 2 amide bonds. The van der Waals surface area contributed by atoms with Gasteiger partial charge < -0.3 is 15.3 Å². The molecule has 2 N–H and O–H groups in total. The number of hydrogen-bond donors (Lipinski definition) is 2. The third-order valence-corrected chi connectivity index (χ3v) is 6.22. The highest BCUT2D eigenvalue weighted by Gasteiger charge is 2.31. The van der Waals surface area contributed by atoms with Gasteiger partial charge in [0.1, 0.15) is 0 Å². The first kappa shape index (κ1) is 16.7. The molecule has 4 nitrogen and oxygen atoms in total. The molecule has 23 heavy (non-hydrogen) atoms. The molecule has 3 rings (SSSR count). The Kier molecular flexibility index (Phi) is 5.84. The lowest BCUT2D eigenvalue weighted by Crippen LogP contribution is -2.45. The molecular formula is C18H26N2O2S. The fraction of sp³-hybridized carbons (Fsp3) is 0.611. The largest absolute Gasteiger partial charge is 0.388 e. The third-order valence-electron chi connectivity index (χ3n) is 4.82. The van der Waals surface area contributed by atoms with Crippen molar-refractivity contribution in [3.8, 4) is 0 Å². The van der Waals surface area contributed by atoms with Crippen LogP contribution >= 0.6 is 11.8 Å². The topological polar surface area (TPSA) is 52.6 Å². The summed E-state index contributed by atoms with van der Waals surface area (Å²) in [5, 5.41) is 14.1. The zero-order chi connectivity index (χ0) is 16.1. The summed E-state index contributed by atoms with van der Waals surface area (Å²) in [7, 11) is 0. The Hall–Kier alpha value is -1.20. The molecule has 1 aromatic rings. The van der Waals surface area contributed by atoms with E-state index in [0.717, 1.165) is 31.5 Å². The molecule has 0 aliphatic carbocycles. The Morgan fingerprint density at radius 1 is 1.30 bits per heavy atom. The molecule has 1 aromatic carbocycles. The lowest BCUT2D eigenvalue weighted by Gasteiger charge is -2.27. The van der Waals surface area contributed by atoms with Crippen molar-refractivity contribution < 1.29 is 9.90 Å². The maximum absolute atomic E-state index is 12.5. The molecule has 2 heterocycles. The van der Waals surface area contributed by atoms with E-state index in [1.54, 1.807) is 0 Å². The van der Waals surface area contributed by atoms with Crippen molar-refractivity contribution in [2.24, 2.45) is 0 Å². The van der Waals surface area contributed by atoms with E-state index in [4.69, 9.17) is 0 Å². The molecule has 126 valence electrons. The van der Waals surface area contributed by atoms with Gasteiger partial charge in [0.15, 0.2) is 0 Å². The van der Waals surface area contributed by atoms with E-state index in [9.17, 15) is 9.90 Å². The van der Waals surface area contributed by atoms with Gasteiger partial charge in [0.2, 0.25) is 0 Å². The van der Waals surface area contributed by atoms with Gasteiger partial charge in [-0.05, 0) is 43.4 Å². The predicted octanol–water partition coefficient (Wildman–Crippen LogP) is 3.18. The summed E-state index contributed by atoms with van der Waals surface area (Å²) < 4.78 is 0. The maximum Gasteiger partial charge on any atom is 0.317 e. The van der Waals surface area contributed by atoms with E-state index in [1.165, 1.54) is 18.6 Å². The molecule has 0 bridgehead atoms. The number of aliphatic hydroxyl groups is 1. The van der Waals surface area contributed by atoms with Crippen LogP contribution in [-0.4, -0.2) is 46.2 Å². The van der Waals surface area contributed by atoms with Gasteiger partial charge in [-0.3, -0.25) is 0 Å². The SMILES string of the molecule is O=C(NCC1CCCS1)N1CCCC1CC(O)c1ccccc1. The van der Waals surface area contributed by atoms with Crippen LogP contribution in [0.25, 0.3) is 0 Å². The number of amides is 2. The molecule has 0 aromatic heterocycles. The van der Waals surface area contributed by atoms with Crippen LogP contribution in [0.15, 0.2) is 30.3 Å². The predicted molar refractivity (Wildman–Crippen MR) is 94.6 cm³/mol. The lowest BCUT2D eigenvalue weighted by molar-refractivity contribution is 0.126. The number of nitrogens with one attached hydrogen (secondary N) is 1. The first-order chi connectivity index (χ1) is 11.2. The molecule has 2 aliphatic heterocycles. The Balaban J connectivity index is 1.51. The number of nitrogens with zero attached hydrogens (tertiary/aromatic N) is 1. The fourth-order valence-electron chi connectivity index (χ4n) is 3.53. The number of rotatable bonds is 5. The number of urea groups is 1. The maximum atomic E-state index is 12.5. The van der Waals surface area contributed by atoms with Gasteiger partial charge in [-0.2, -0.15) is 11.8 Å². The first-order valence-electron chi connectivity index (χ1n) is 8.63. The van der Waals surface area contributed by atoms with Gasteiger partial charge in [0.25, 0.3) is 0 Å². The summed E-state index contributed by atoms with van der Waals surface area (Å²) in [5.74, 6) is 1.22. The van der Waals surface area contributed by atoms with Crippen LogP contribution in [-0.2, 0) is 0 Å². The third kappa shape index (κ3) is 4.42. The molecule has 2 aliphatic rings. The van der Waals surface area contributed by atoms with Crippen molar-refractivity contribution in [1.29, 1.82) is 0 Å². The standard InChI is InChI=1S/C18H26N2O2S/c21-17(14-6-2-1-3-7-14)12-15-8-4-10-20(15)18(22)19-13-16-9-5-11-23-16/h1-3,6-7,15-17,21H,4-5,8-13H2,(H,19,22). The normalized spacial score (nSPS) is 25.5. The lowest BCUT2D eigenvalue weighted by atomic mass is 10.0. The van der Waals surface area contributed by atoms with Crippen molar-refractivity contribution in [2.75, 3.05) is 18.8 Å². The highest BCUT2D eigenvalue weighted by molar-refractivity contribution is 8.00. The summed E-state index contributed by atoms with van der Waals surface area (Å²) in [6, 6.07) is 9.91. The van der Waals surface area contributed by atoms with Crippen molar-refractivity contribution >= 4 is 17.8 Å². The van der Waals surface area contributed by atoms with Crippen molar-refractivity contribution in [3.63, 3.8) is 0 Å². The van der Waals surface area contributed by atoms with Crippen LogP contribution in [0.4, 0.5) is 4.79 Å². The quantitative estimate of drug-likeness (QED) is 0.869. The number of likely N-dealkylation sites (tertiary alicyclic amines) is 1.